The Labute approximate surface area is 151 Å². The molecule has 1 aliphatic heterocycles. The lowest BCUT2D eigenvalue weighted by atomic mass is 9.96. The fraction of sp³-hybridized carbons (Fsp3) is 0.467. The van der Waals surface area contributed by atoms with Crippen LogP contribution in [0.4, 0.5) is 18.0 Å². The maximum Gasteiger partial charge on any atom is 0.394 e. The number of rotatable bonds is 3. The molecule has 10 heteroatoms. The molecule has 25 heavy (non-hydrogen) atoms. The average molecular weight is 399 g/mol. The zero-order valence-electron chi connectivity index (χ0n) is 13.0. The van der Waals surface area contributed by atoms with Crippen LogP contribution in [0, 0.1) is 11.8 Å². The van der Waals surface area contributed by atoms with E-state index in [1.165, 1.54) is 6.07 Å². The molecule has 0 spiro atoms. The number of likely N-dealkylation sites (tertiary alicyclic amines) is 1. The van der Waals surface area contributed by atoms with Gasteiger partial charge in [0.1, 0.15) is 0 Å². The Bertz CT molecular complexity index is 684. The Kier molecular flexibility index (Phi) is 5.73. The summed E-state index contributed by atoms with van der Waals surface area (Å²) in [5.41, 5.74) is 0.542. The molecule has 1 fully saturated rings. The monoisotopic (exact) mass is 398 g/mol. The minimum absolute atomic E-state index is 0.304. The van der Waals surface area contributed by atoms with Gasteiger partial charge in [0.2, 0.25) is 0 Å². The van der Waals surface area contributed by atoms with Crippen LogP contribution in [0.3, 0.4) is 0 Å². The lowest BCUT2D eigenvalue weighted by Crippen LogP contribution is -2.40. The first kappa shape index (κ1) is 19.7. The molecule has 1 aliphatic rings. The standard InChI is InChI=1S/C15H15Cl2F3N2O3/c1-7(9-3-2-8(16)4-12(9)17)21-14(25)22-5-10(13(23)24)11(6-22)15(18,19)20/h2-4,7,10-11H,5-6H2,1H3,(H,21,25)(H,23,24)/t7?,10-,11-/m1/s1. The Morgan fingerprint density at radius 2 is 1.96 bits per heavy atom. The minimum atomic E-state index is -4.69. The van der Waals surface area contributed by atoms with Crippen molar-refractivity contribution in [2.45, 2.75) is 19.1 Å². The quantitative estimate of drug-likeness (QED) is 0.809. The molecule has 0 saturated carbocycles. The Morgan fingerprint density at radius 1 is 1.32 bits per heavy atom. The van der Waals surface area contributed by atoms with Crippen molar-refractivity contribution in [2.75, 3.05) is 13.1 Å². The van der Waals surface area contributed by atoms with E-state index in [-0.39, 0.29) is 0 Å². The maximum absolute atomic E-state index is 13.0. The number of hydrogen-bond acceptors (Lipinski definition) is 2. The van der Waals surface area contributed by atoms with Crippen molar-refractivity contribution >= 4 is 35.2 Å². The second kappa shape index (κ2) is 7.29. The van der Waals surface area contributed by atoms with Crippen molar-refractivity contribution in [3.05, 3.63) is 33.8 Å². The predicted octanol–water partition coefficient (Wildman–Crippen LogP) is 3.96. The molecule has 1 unspecified atom stereocenters. The van der Waals surface area contributed by atoms with Crippen LogP contribution in [-0.2, 0) is 4.79 Å². The van der Waals surface area contributed by atoms with E-state index >= 15 is 0 Å². The van der Waals surface area contributed by atoms with Gasteiger partial charge in [-0.1, -0.05) is 29.3 Å². The Hall–Kier alpha value is -1.67. The number of carboxylic acids is 1. The number of nitrogens with one attached hydrogen (secondary N) is 1. The van der Waals surface area contributed by atoms with Gasteiger partial charge in [-0.2, -0.15) is 13.2 Å². The number of carbonyl (C=O) groups is 2. The minimum Gasteiger partial charge on any atom is -0.481 e. The highest BCUT2D eigenvalue weighted by Gasteiger charge is 2.53. The van der Waals surface area contributed by atoms with E-state index in [9.17, 15) is 22.8 Å². The van der Waals surface area contributed by atoms with Crippen LogP contribution in [0.25, 0.3) is 0 Å². The molecule has 0 radical (unpaired) electrons. The second-order valence-electron chi connectivity index (χ2n) is 5.83. The third-order valence-corrected chi connectivity index (χ3v) is 4.68. The number of aliphatic carboxylic acids is 1. The first-order valence-electron chi connectivity index (χ1n) is 7.30. The molecular weight excluding hydrogens is 384 g/mol. The van der Waals surface area contributed by atoms with Gasteiger partial charge in [-0.15, -0.1) is 0 Å². The van der Waals surface area contributed by atoms with Crippen LogP contribution >= 0.6 is 23.2 Å². The highest BCUT2D eigenvalue weighted by Crippen LogP contribution is 2.38. The van der Waals surface area contributed by atoms with Crippen molar-refractivity contribution in [1.82, 2.24) is 10.2 Å². The Balaban J connectivity index is 2.09. The molecular formula is C15H15Cl2F3N2O3. The summed E-state index contributed by atoms with van der Waals surface area (Å²) in [7, 11) is 0. The fourth-order valence-electron chi connectivity index (χ4n) is 2.76. The highest BCUT2D eigenvalue weighted by molar-refractivity contribution is 6.35. The smallest absolute Gasteiger partial charge is 0.394 e. The van der Waals surface area contributed by atoms with Crippen molar-refractivity contribution < 1.29 is 27.9 Å². The molecule has 0 aliphatic carbocycles. The molecule has 2 N–H and O–H groups in total. The topological polar surface area (TPSA) is 69.6 Å². The van der Waals surface area contributed by atoms with Crippen LogP contribution in [0.15, 0.2) is 18.2 Å². The van der Waals surface area contributed by atoms with E-state index in [0.717, 1.165) is 4.90 Å². The van der Waals surface area contributed by atoms with E-state index in [2.05, 4.69) is 5.32 Å². The third kappa shape index (κ3) is 4.49. The second-order valence-corrected chi connectivity index (χ2v) is 6.68. The van der Waals surface area contributed by atoms with Gasteiger partial charge in [0, 0.05) is 23.1 Å². The lowest BCUT2D eigenvalue weighted by molar-refractivity contribution is -0.187. The summed E-state index contributed by atoms with van der Waals surface area (Å²) in [6, 6.07) is 3.28. The van der Waals surface area contributed by atoms with Gasteiger partial charge in [-0.25, -0.2) is 4.79 Å². The van der Waals surface area contributed by atoms with E-state index in [0.29, 0.717) is 15.6 Å². The van der Waals surface area contributed by atoms with Gasteiger partial charge < -0.3 is 15.3 Å². The molecule has 5 nitrogen and oxygen atoms in total. The average Bonchev–Trinajstić information content (AvgIpc) is 2.92. The van der Waals surface area contributed by atoms with Gasteiger partial charge >= 0.3 is 18.2 Å². The molecule has 0 bridgehead atoms. The van der Waals surface area contributed by atoms with E-state index in [4.69, 9.17) is 28.3 Å². The first-order chi connectivity index (χ1) is 11.5. The number of hydrogen-bond donors (Lipinski definition) is 2. The van der Waals surface area contributed by atoms with E-state index in [1.54, 1.807) is 19.1 Å². The number of benzene rings is 1. The highest BCUT2D eigenvalue weighted by atomic mass is 35.5. The zero-order chi connectivity index (χ0) is 18.9. The normalized spacial score (nSPS) is 21.9. The summed E-state index contributed by atoms with van der Waals surface area (Å²) in [5.74, 6) is -5.35. The number of halogens is 5. The van der Waals surface area contributed by atoms with E-state index in [1.807, 2.05) is 0 Å². The van der Waals surface area contributed by atoms with Crippen LogP contribution in [-0.4, -0.2) is 41.3 Å². The number of alkyl halides is 3. The molecule has 1 aromatic carbocycles. The Morgan fingerprint density at radius 3 is 2.44 bits per heavy atom. The maximum atomic E-state index is 13.0. The van der Waals surface area contributed by atoms with Crippen molar-refractivity contribution in [3.63, 3.8) is 0 Å². The van der Waals surface area contributed by atoms with Crippen LogP contribution < -0.4 is 5.32 Å². The van der Waals surface area contributed by atoms with Gasteiger partial charge in [-0.3, -0.25) is 4.79 Å². The fourth-order valence-corrected chi connectivity index (χ4v) is 3.33. The van der Waals surface area contributed by atoms with Crippen molar-refractivity contribution in [3.8, 4) is 0 Å². The predicted molar refractivity (Wildman–Crippen MR) is 85.7 cm³/mol. The number of urea groups is 1. The van der Waals surface area contributed by atoms with Gasteiger partial charge in [0.25, 0.3) is 0 Å². The van der Waals surface area contributed by atoms with E-state index < -0.39 is 49.1 Å². The van der Waals surface area contributed by atoms with Gasteiger partial charge in [0.15, 0.2) is 0 Å². The molecule has 0 aromatic heterocycles. The number of nitrogens with zero attached hydrogens (tertiary/aromatic N) is 1. The summed E-state index contributed by atoms with van der Waals surface area (Å²) in [5, 5.41) is 12.2. The van der Waals surface area contributed by atoms with Crippen molar-refractivity contribution in [1.29, 1.82) is 0 Å². The molecule has 2 amide bonds. The molecule has 1 heterocycles. The number of carbonyl (C=O) groups excluding carboxylic acids is 1. The van der Waals surface area contributed by atoms with Gasteiger partial charge in [0.05, 0.1) is 17.9 Å². The number of carboxylic acid groups (broad SMARTS) is 1. The SMILES string of the molecule is CC(NC(=O)N1C[C@@H](C(F)(F)F)[C@H](C(=O)O)C1)c1ccc(Cl)cc1Cl. The molecule has 1 saturated heterocycles. The summed E-state index contributed by atoms with van der Waals surface area (Å²) in [4.78, 5) is 24.2. The number of amides is 2. The summed E-state index contributed by atoms with van der Waals surface area (Å²) >= 11 is 11.8. The lowest BCUT2D eigenvalue weighted by Gasteiger charge is -2.22. The summed E-state index contributed by atoms with van der Waals surface area (Å²) in [6.45, 7) is 0.402. The van der Waals surface area contributed by atoms with Crippen LogP contribution in [0.5, 0.6) is 0 Å². The van der Waals surface area contributed by atoms with Crippen LogP contribution in [0.2, 0.25) is 10.0 Å². The first-order valence-corrected chi connectivity index (χ1v) is 8.06. The summed E-state index contributed by atoms with van der Waals surface area (Å²) in [6.07, 6.45) is -4.69. The third-order valence-electron chi connectivity index (χ3n) is 4.11. The summed E-state index contributed by atoms with van der Waals surface area (Å²) < 4.78 is 38.9. The van der Waals surface area contributed by atoms with Crippen LogP contribution in [0.1, 0.15) is 18.5 Å². The molecule has 138 valence electrons. The largest absolute Gasteiger partial charge is 0.481 e. The molecule has 3 atom stereocenters. The van der Waals surface area contributed by atoms with Crippen molar-refractivity contribution in [2.24, 2.45) is 11.8 Å². The zero-order valence-corrected chi connectivity index (χ0v) is 14.5. The molecule has 2 rings (SSSR count). The van der Waals surface area contributed by atoms with Gasteiger partial charge in [-0.05, 0) is 24.6 Å². The molecule has 1 aromatic rings.